The Balaban J connectivity index is 2.70. The second kappa shape index (κ2) is 5.64. The van der Waals surface area contributed by atoms with Gasteiger partial charge in [0.15, 0.2) is 0 Å². The van der Waals surface area contributed by atoms with Crippen LogP contribution < -0.4 is 0 Å². The first-order chi connectivity index (χ1) is 8.56. The van der Waals surface area contributed by atoms with Gasteiger partial charge in [-0.1, -0.05) is 52.5 Å². The molecule has 94 valence electrons. The topological polar surface area (TPSA) is 33.1 Å². The molecule has 0 radical (unpaired) electrons. The number of pyridine rings is 1. The summed E-state index contributed by atoms with van der Waals surface area (Å²) in [4.78, 5) is 3.98. The van der Waals surface area contributed by atoms with Crippen LogP contribution in [0.25, 0.3) is 11.1 Å². The second-order valence-corrected chi connectivity index (χ2v) is 5.10. The van der Waals surface area contributed by atoms with Gasteiger partial charge in [-0.05, 0) is 6.07 Å². The van der Waals surface area contributed by atoms with Crippen LogP contribution in [0.5, 0.6) is 0 Å². The molecule has 0 bridgehead atoms. The Morgan fingerprint density at radius 3 is 2.28 bits per heavy atom. The average Bonchev–Trinajstić information content (AvgIpc) is 2.36. The van der Waals surface area contributed by atoms with E-state index in [2.05, 4.69) is 4.98 Å². The monoisotopic (exact) mass is 321 g/mol. The van der Waals surface area contributed by atoms with Gasteiger partial charge < -0.3 is 5.11 Å². The number of halogens is 4. The molecule has 0 atom stereocenters. The van der Waals surface area contributed by atoms with Crippen molar-refractivity contribution in [3.63, 3.8) is 0 Å². The van der Waals surface area contributed by atoms with E-state index in [-0.39, 0.29) is 11.6 Å². The number of benzene rings is 1. The molecule has 0 amide bonds. The van der Waals surface area contributed by atoms with E-state index in [9.17, 15) is 5.11 Å². The summed E-state index contributed by atoms with van der Waals surface area (Å²) in [6.45, 7) is -0.215. The van der Waals surface area contributed by atoms with Gasteiger partial charge in [0.2, 0.25) is 0 Å². The lowest BCUT2D eigenvalue weighted by molar-refractivity contribution is 0.282. The SMILES string of the molecule is OCc1c(Cl)cncc1-c1ccc(Cl)c(Cl)c1Cl. The van der Waals surface area contributed by atoms with Gasteiger partial charge in [0.1, 0.15) is 0 Å². The first-order valence-electron chi connectivity index (χ1n) is 4.93. The Labute approximate surface area is 124 Å². The molecule has 2 aromatic rings. The van der Waals surface area contributed by atoms with Gasteiger partial charge in [-0.15, -0.1) is 0 Å². The minimum Gasteiger partial charge on any atom is -0.392 e. The molecule has 6 heteroatoms. The Hall–Kier alpha value is -0.510. The number of nitrogens with zero attached hydrogens (tertiary/aromatic N) is 1. The van der Waals surface area contributed by atoms with Crippen molar-refractivity contribution in [1.29, 1.82) is 0 Å². The maximum atomic E-state index is 9.36. The molecule has 1 aromatic carbocycles. The summed E-state index contributed by atoms with van der Waals surface area (Å²) >= 11 is 24.0. The fraction of sp³-hybridized carbons (Fsp3) is 0.0833. The van der Waals surface area contributed by atoms with Gasteiger partial charge in [0.05, 0.1) is 26.7 Å². The zero-order valence-electron chi connectivity index (χ0n) is 8.92. The van der Waals surface area contributed by atoms with Crippen LogP contribution in [-0.2, 0) is 6.61 Å². The molecule has 1 N–H and O–H groups in total. The predicted molar refractivity (Wildman–Crippen MR) is 75.6 cm³/mol. The summed E-state index contributed by atoms with van der Waals surface area (Å²) in [5.74, 6) is 0. The highest BCUT2D eigenvalue weighted by atomic mass is 35.5. The molecule has 2 nitrogen and oxygen atoms in total. The Morgan fingerprint density at radius 2 is 1.61 bits per heavy atom. The van der Waals surface area contributed by atoms with E-state index in [1.54, 1.807) is 18.3 Å². The lowest BCUT2D eigenvalue weighted by Crippen LogP contribution is -1.93. The first-order valence-corrected chi connectivity index (χ1v) is 6.44. The predicted octanol–water partition coefficient (Wildman–Crippen LogP) is 4.85. The van der Waals surface area contributed by atoms with E-state index < -0.39 is 0 Å². The third kappa shape index (κ3) is 2.44. The zero-order valence-corrected chi connectivity index (χ0v) is 11.9. The van der Waals surface area contributed by atoms with Crippen LogP contribution in [0.4, 0.5) is 0 Å². The maximum Gasteiger partial charge on any atom is 0.0784 e. The zero-order chi connectivity index (χ0) is 13.3. The largest absolute Gasteiger partial charge is 0.392 e. The molecule has 0 unspecified atom stereocenters. The van der Waals surface area contributed by atoms with E-state index in [4.69, 9.17) is 46.4 Å². The normalized spacial score (nSPS) is 10.7. The molecule has 1 heterocycles. The number of hydrogen-bond acceptors (Lipinski definition) is 2. The van der Waals surface area contributed by atoms with Crippen LogP contribution in [0.1, 0.15) is 5.56 Å². The van der Waals surface area contributed by atoms with Gasteiger partial charge in [-0.2, -0.15) is 0 Å². The fourth-order valence-corrected chi connectivity index (χ4v) is 2.44. The minimum absolute atomic E-state index is 0.215. The molecular formula is C12H7Cl4NO. The first kappa shape index (κ1) is 13.9. The maximum absolute atomic E-state index is 9.36. The van der Waals surface area contributed by atoms with Crippen LogP contribution in [0.15, 0.2) is 24.5 Å². The van der Waals surface area contributed by atoms with Crippen molar-refractivity contribution in [2.75, 3.05) is 0 Å². The summed E-state index contributed by atoms with van der Waals surface area (Å²) in [7, 11) is 0. The molecule has 0 saturated heterocycles. The van der Waals surface area contributed by atoms with Gasteiger partial charge in [0.25, 0.3) is 0 Å². The van der Waals surface area contributed by atoms with Crippen molar-refractivity contribution in [2.45, 2.75) is 6.61 Å². The van der Waals surface area contributed by atoms with Crippen molar-refractivity contribution < 1.29 is 5.11 Å². The summed E-state index contributed by atoms with van der Waals surface area (Å²) < 4.78 is 0. The molecule has 1 aromatic heterocycles. The molecule has 0 fully saturated rings. The highest BCUT2D eigenvalue weighted by Gasteiger charge is 2.15. The van der Waals surface area contributed by atoms with Crippen molar-refractivity contribution in [1.82, 2.24) is 4.98 Å². The standard InChI is InChI=1S/C12H7Cl4NO/c13-9-2-1-6(11(15)12(9)16)7-3-17-4-10(14)8(7)5-18/h1-4,18H,5H2. The molecule has 0 aliphatic carbocycles. The summed E-state index contributed by atoms with van der Waals surface area (Å²) in [6.07, 6.45) is 3.03. The van der Waals surface area contributed by atoms with Crippen molar-refractivity contribution >= 4 is 46.4 Å². The highest BCUT2D eigenvalue weighted by molar-refractivity contribution is 6.49. The molecule has 18 heavy (non-hydrogen) atoms. The van der Waals surface area contributed by atoms with E-state index >= 15 is 0 Å². The highest BCUT2D eigenvalue weighted by Crippen LogP contribution is 2.39. The molecule has 0 aliphatic heterocycles. The Kier molecular flexibility index (Phi) is 4.36. The third-order valence-corrected chi connectivity index (χ3v) is 4.11. The number of rotatable bonds is 2. The number of aromatic nitrogens is 1. The Morgan fingerprint density at radius 1 is 0.889 bits per heavy atom. The lowest BCUT2D eigenvalue weighted by Gasteiger charge is -2.11. The molecular weight excluding hydrogens is 316 g/mol. The molecule has 0 spiro atoms. The van der Waals surface area contributed by atoms with Crippen LogP contribution in [-0.4, -0.2) is 10.1 Å². The summed E-state index contributed by atoms with van der Waals surface area (Å²) in [5.41, 5.74) is 1.81. The number of aliphatic hydroxyl groups excluding tert-OH is 1. The second-order valence-electron chi connectivity index (χ2n) is 3.53. The Bertz CT molecular complexity index is 601. The van der Waals surface area contributed by atoms with Crippen LogP contribution in [0.2, 0.25) is 20.1 Å². The van der Waals surface area contributed by atoms with Crippen molar-refractivity contribution in [2.24, 2.45) is 0 Å². The van der Waals surface area contributed by atoms with E-state index in [0.717, 1.165) is 0 Å². The number of hydrogen-bond donors (Lipinski definition) is 1. The quantitative estimate of drug-likeness (QED) is 0.801. The van der Waals surface area contributed by atoms with Gasteiger partial charge in [-0.3, -0.25) is 4.98 Å². The van der Waals surface area contributed by atoms with Crippen LogP contribution in [0.3, 0.4) is 0 Å². The average molecular weight is 323 g/mol. The fourth-order valence-electron chi connectivity index (χ4n) is 1.59. The van der Waals surface area contributed by atoms with E-state index in [0.29, 0.717) is 31.8 Å². The van der Waals surface area contributed by atoms with Gasteiger partial charge in [0, 0.05) is 29.1 Å². The van der Waals surface area contributed by atoms with Crippen molar-refractivity contribution in [3.8, 4) is 11.1 Å². The van der Waals surface area contributed by atoms with E-state index in [1.165, 1.54) is 6.20 Å². The smallest absolute Gasteiger partial charge is 0.0784 e. The van der Waals surface area contributed by atoms with Gasteiger partial charge in [-0.25, -0.2) is 0 Å². The van der Waals surface area contributed by atoms with Crippen LogP contribution in [0, 0.1) is 0 Å². The molecule has 2 rings (SSSR count). The van der Waals surface area contributed by atoms with E-state index in [1.807, 2.05) is 0 Å². The van der Waals surface area contributed by atoms with Gasteiger partial charge >= 0.3 is 0 Å². The minimum atomic E-state index is -0.215. The third-order valence-electron chi connectivity index (χ3n) is 2.49. The summed E-state index contributed by atoms with van der Waals surface area (Å²) in [6, 6.07) is 3.34. The lowest BCUT2D eigenvalue weighted by atomic mass is 10.0. The van der Waals surface area contributed by atoms with Crippen molar-refractivity contribution in [3.05, 3.63) is 50.2 Å². The summed E-state index contributed by atoms with van der Waals surface area (Å²) in [5, 5.41) is 10.7. The molecule has 0 aliphatic rings. The molecule has 0 saturated carbocycles. The van der Waals surface area contributed by atoms with Crippen LogP contribution >= 0.6 is 46.4 Å². The number of aliphatic hydroxyl groups is 1.